The number of carbonyl (C=O) groups is 2. The van der Waals surface area contributed by atoms with E-state index < -0.39 is 18.5 Å². The lowest BCUT2D eigenvalue weighted by Crippen LogP contribution is -2.21. The van der Waals surface area contributed by atoms with E-state index in [-0.39, 0.29) is 0 Å². The maximum Gasteiger partial charge on any atom is 0.343 e. The summed E-state index contributed by atoms with van der Waals surface area (Å²) in [5.74, 6) is -0.663. The van der Waals surface area contributed by atoms with Gasteiger partial charge >= 0.3 is 5.97 Å². The number of anilines is 2. The highest BCUT2D eigenvalue weighted by Crippen LogP contribution is 2.28. The van der Waals surface area contributed by atoms with Gasteiger partial charge in [-0.05, 0) is 36.7 Å². The number of ether oxygens (including phenoxy) is 2. The number of amides is 1. The van der Waals surface area contributed by atoms with Crippen molar-refractivity contribution in [3.63, 3.8) is 0 Å². The van der Waals surface area contributed by atoms with E-state index in [2.05, 4.69) is 15.0 Å². The van der Waals surface area contributed by atoms with Crippen LogP contribution in [0.1, 0.15) is 16.1 Å². The van der Waals surface area contributed by atoms with Gasteiger partial charge in [0.25, 0.3) is 5.91 Å². The molecule has 1 aromatic heterocycles. The number of methoxy groups -OCH3 is 1. The Morgan fingerprint density at radius 3 is 2.79 bits per heavy atom. The smallest absolute Gasteiger partial charge is 0.343 e. The van der Waals surface area contributed by atoms with Crippen molar-refractivity contribution < 1.29 is 19.1 Å². The summed E-state index contributed by atoms with van der Waals surface area (Å²) in [6.07, 6.45) is 0. The zero-order valence-electron chi connectivity index (χ0n) is 13.3. The third-order valence-corrected chi connectivity index (χ3v) is 4.25. The third kappa shape index (κ3) is 4.15. The van der Waals surface area contributed by atoms with Crippen LogP contribution in [0, 0.1) is 6.92 Å². The molecule has 9 heteroatoms. The number of rotatable bonds is 6. The lowest BCUT2D eigenvalue weighted by atomic mass is 10.2. The first-order valence-corrected chi connectivity index (χ1v) is 8.06. The Morgan fingerprint density at radius 2 is 2.12 bits per heavy atom. The Labute approximate surface area is 148 Å². The van der Waals surface area contributed by atoms with Crippen LogP contribution in [0.25, 0.3) is 0 Å². The minimum absolute atomic E-state index is 0.329. The van der Waals surface area contributed by atoms with Crippen molar-refractivity contribution in [1.29, 1.82) is 0 Å². The first-order valence-electron chi connectivity index (χ1n) is 6.90. The lowest BCUT2D eigenvalue weighted by Gasteiger charge is -2.11. The Bertz CT molecular complexity index is 763. The zero-order chi connectivity index (χ0) is 17.7. The fourth-order valence-electron chi connectivity index (χ4n) is 1.95. The maximum atomic E-state index is 12.1. The van der Waals surface area contributed by atoms with E-state index in [0.717, 1.165) is 11.5 Å². The van der Waals surface area contributed by atoms with Crippen molar-refractivity contribution in [2.24, 2.45) is 0 Å². The first-order chi connectivity index (χ1) is 11.5. The standard InChI is InChI=1S/C15H16ClN3O4S/c1-8-13(14(17-2)24-19-8)15(21)23-7-12(20)18-10-6-9(16)4-5-11(10)22-3/h4-6,17H,7H2,1-3H3,(H,18,20). The molecule has 0 bridgehead atoms. The SMILES string of the molecule is CNc1snc(C)c1C(=O)OCC(=O)Nc1cc(Cl)ccc1OC. The van der Waals surface area contributed by atoms with Crippen molar-refractivity contribution in [3.8, 4) is 5.75 Å². The number of halogens is 1. The molecule has 0 aliphatic carbocycles. The van der Waals surface area contributed by atoms with Gasteiger partial charge in [0.05, 0.1) is 18.5 Å². The van der Waals surface area contributed by atoms with Crippen molar-refractivity contribution in [2.75, 3.05) is 31.4 Å². The van der Waals surface area contributed by atoms with Crippen LogP contribution in [-0.4, -0.2) is 37.0 Å². The number of aryl methyl sites for hydroxylation is 1. The van der Waals surface area contributed by atoms with Gasteiger partial charge in [-0.1, -0.05) is 11.6 Å². The molecular weight excluding hydrogens is 354 g/mol. The van der Waals surface area contributed by atoms with Crippen LogP contribution in [0.15, 0.2) is 18.2 Å². The molecule has 0 atom stereocenters. The van der Waals surface area contributed by atoms with E-state index in [1.54, 1.807) is 32.2 Å². The molecule has 128 valence electrons. The van der Waals surface area contributed by atoms with E-state index in [0.29, 0.717) is 32.7 Å². The van der Waals surface area contributed by atoms with Gasteiger partial charge in [-0.3, -0.25) is 4.79 Å². The number of aromatic nitrogens is 1. The van der Waals surface area contributed by atoms with Crippen LogP contribution < -0.4 is 15.4 Å². The summed E-state index contributed by atoms with van der Waals surface area (Å²) in [6.45, 7) is 1.26. The molecule has 7 nitrogen and oxygen atoms in total. The molecule has 2 rings (SSSR count). The third-order valence-electron chi connectivity index (χ3n) is 3.06. The number of hydrogen-bond donors (Lipinski definition) is 2. The maximum absolute atomic E-state index is 12.1. The topological polar surface area (TPSA) is 89.5 Å². The van der Waals surface area contributed by atoms with Gasteiger partial charge in [0.2, 0.25) is 0 Å². The van der Waals surface area contributed by atoms with Crippen LogP contribution in [0.2, 0.25) is 5.02 Å². The normalized spacial score (nSPS) is 10.2. The van der Waals surface area contributed by atoms with Crippen LogP contribution >= 0.6 is 23.1 Å². The van der Waals surface area contributed by atoms with Crippen molar-refractivity contribution in [3.05, 3.63) is 34.5 Å². The van der Waals surface area contributed by atoms with Gasteiger partial charge in [0.15, 0.2) is 6.61 Å². The molecular formula is C15H16ClN3O4S. The lowest BCUT2D eigenvalue weighted by molar-refractivity contribution is -0.119. The Morgan fingerprint density at radius 1 is 1.38 bits per heavy atom. The molecule has 2 N–H and O–H groups in total. The molecule has 0 saturated heterocycles. The molecule has 0 saturated carbocycles. The fraction of sp³-hybridized carbons (Fsp3) is 0.267. The molecule has 0 aliphatic rings. The molecule has 0 aliphatic heterocycles. The minimum atomic E-state index is -0.612. The second-order valence-electron chi connectivity index (χ2n) is 4.69. The summed E-state index contributed by atoms with van der Waals surface area (Å²) >= 11 is 7.05. The average Bonchev–Trinajstić information content (AvgIpc) is 2.93. The van der Waals surface area contributed by atoms with E-state index in [9.17, 15) is 9.59 Å². The molecule has 0 fully saturated rings. The molecule has 1 amide bonds. The van der Waals surface area contributed by atoms with E-state index in [4.69, 9.17) is 21.1 Å². The predicted octanol–water partition coefficient (Wildman–Crippen LogP) is 2.95. The molecule has 0 radical (unpaired) electrons. The van der Waals surface area contributed by atoms with Gasteiger partial charge in [0.1, 0.15) is 16.3 Å². The van der Waals surface area contributed by atoms with E-state index >= 15 is 0 Å². The average molecular weight is 370 g/mol. The molecule has 24 heavy (non-hydrogen) atoms. The second-order valence-corrected chi connectivity index (χ2v) is 5.90. The van der Waals surface area contributed by atoms with Gasteiger partial charge in [-0.2, -0.15) is 4.37 Å². The predicted molar refractivity (Wildman–Crippen MR) is 93.3 cm³/mol. The molecule has 0 spiro atoms. The van der Waals surface area contributed by atoms with Crippen LogP contribution in [-0.2, 0) is 9.53 Å². The summed E-state index contributed by atoms with van der Waals surface area (Å²) < 4.78 is 14.3. The van der Waals surface area contributed by atoms with Gasteiger partial charge < -0.3 is 20.1 Å². The van der Waals surface area contributed by atoms with Crippen molar-refractivity contribution in [2.45, 2.75) is 6.92 Å². The van der Waals surface area contributed by atoms with E-state index in [1.807, 2.05) is 0 Å². The summed E-state index contributed by atoms with van der Waals surface area (Å²) in [6, 6.07) is 4.82. The largest absolute Gasteiger partial charge is 0.495 e. The number of carbonyl (C=O) groups excluding carboxylic acids is 2. The van der Waals surface area contributed by atoms with Gasteiger partial charge in [-0.15, -0.1) is 0 Å². The Balaban J connectivity index is 2.00. The number of esters is 1. The van der Waals surface area contributed by atoms with Crippen LogP contribution in [0.4, 0.5) is 10.7 Å². The van der Waals surface area contributed by atoms with Gasteiger partial charge in [0, 0.05) is 12.1 Å². The fourth-order valence-corrected chi connectivity index (χ4v) is 2.85. The summed E-state index contributed by atoms with van der Waals surface area (Å²) in [7, 11) is 3.16. The summed E-state index contributed by atoms with van der Waals surface area (Å²) in [4.78, 5) is 24.1. The second kappa shape index (κ2) is 7.98. The number of hydrogen-bond acceptors (Lipinski definition) is 7. The summed E-state index contributed by atoms with van der Waals surface area (Å²) in [5, 5.41) is 6.50. The highest BCUT2D eigenvalue weighted by Gasteiger charge is 2.20. The Hall–Kier alpha value is -2.32. The minimum Gasteiger partial charge on any atom is -0.495 e. The van der Waals surface area contributed by atoms with Gasteiger partial charge in [-0.25, -0.2) is 4.79 Å². The number of nitrogens with zero attached hydrogens (tertiary/aromatic N) is 1. The quantitative estimate of drug-likeness (QED) is 0.761. The molecule has 1 aromatic carbocycles. The van der Waals surface area contributed by atoms with Crippen LogP contribution in [0.5, 0.6) is 5.75 Å². The highest BCUT2D eigenvalue weighted by atomic mass is 35.5. The molecule has 0 unspecified atom stereocenters. The molecule has 2 aromatic rings. The zero-order valence-corrected chi connectivity index (χ0v) is 14.9. The Kier molecular flexibility index (Phi) is 5.99. The first kappa shape index (κ1) is 18.0. The van der Waals surface area contributed by atoms with Crippen molar-refractivity contribution in [1.82, 2.24) is 4.37 Å². The van der Waals surface area contributed by atoms with Crippen LogP contribution in [0.3, 0.4) is 0 Å². The monoisotopic (exact) mass is 369 g/mol. The molecule has 1 heterocycles. The number of nitrogens with one attached hydrogen (secondary N) is 2. The van der Waals surface area contributed by atoms with E-state index in [1.165, 1.54) is 7.11 Å². The highest BCUT2D eigenvalue weighted by molar-refractivity contribution is 7.10. The van der Waals surface area contributed by atoms with Crippen molar-refractivity contribution >= 4 is 45.7 Å². The number of benzene rings is 1. The summed E-state index contributed by atoms with van der Waals surface area (Å²) in [5.41, 5.74) is 1.28.